The molecule has 7 heteroatoms. The lowest BCUT2D eigenvalue weighted by atomic mass is 9.81. The number of nitrogens with one attached hydrogen (secondary N) is 1. The van der Waals surface area contributed by atoms with Crippen LogP contribution in [0.15, 0.2) is 29.5 Å². The molecule has 2 aliphatic rings. The minimum Gasteiger partial charge on any atom is -0.328 e. The van der Waals surface area contributed by atoms with E-state index < -0.39 is 17.7 Å². The van der Waals surface area contributed by atoms with Gasteiger partial charge in [0.05, 0.1) is 0 Å². The summed E-state index contributed by atoms with van der Waals surface area (Å²) in [5.74, 6) is -0.155. The van der Waals surface area contributed by atoms with E-state index in [0.717, 1.165) is 11.8 Å². The fourth-order valence-electron chi connectivity index (χ4n) is 3.55. The molecule has 0 saturated carbocycles. The minimum atomic E-state index is -0.680. The molecule has 5 nitrogen and oxygen atoms in total. The summed E-state index contributed by atoms with van der Waals surface area (Å²) >= 11 is 0. The molecule has 124 valence electrons. The number of fused-ring (bicyclic) bond motifs is 1. The number of carbonyl (C=O) groups is 1. The Morgan fingerprint density at radius 1 is 1.21 bits per heavy atom. The second kappa shape index (κ2) is 5.22. The van der Waals surface area contributed by atoms with E-state index in [2.05, 4.69) is 15.4 Å². The lowest BCUT2D eigenvalue weighted by molar-refractivity contribution is -0.117. The Morgan fingerprint density at radius 2 is 1.92 bits per heavy atom. The number of hydrogen-bond acceptors (Lipinski definition) is 4. The summed E-state index contributed by atoms with van der Waals surface area (Å²) in [5, 5.41) is 7.49. The number of benzene rings is 1. The maximum atomic E-state index is 13.7. The van der Waals surface area contributed by atoms with Gasteiger partial charge >= 0.3 is 0 Å². The van der Waals surface area contributed by atoms with Gasteiger partial charge in [-0.05, 0) is 37.0 Å². The smallest absolute Gasteiger partial charge is 0.226 e. The molecule has 1 aliphatic heterocycles. The number of anilines is 1. The molecule has 24 heavy (non-hydrogen) atoms. The average Bonchev–Trinajstić information content (AvgIpc) is 2.83. The Balaban J connectivity index is 1.94. The van der Waals surface area contributed by atoms with E-state index >= 15 is 0 Å². The van der Waals surface area contributed by atoms with Crippen LogP contribution in [0.2, 0.25) is 0 Å². The number of aryl methyl sites for hydroxylation is 1. The van der Waals surface area contributed by atoms with E-state index in [9.17, 15) is 13.6 Å². The van der Waals surface area contributed by atoms with Gasteiger partial charge in [-0.15, -0.1) is 0 Å². The molecule has 0 unspecified atom stereocenters. The molecule has 2 heterocycles. The first-order valence-corrected chi connectivity index (χ1v) is 7.85. The van der Waals surface area contributed by atoms with Crippen LogP contribution in [0.3, 0.4) is 0 Å². The molecule has 0 radical (unpaired) electrons. The van der Waals surface area contributed by atoms with Crippen LogP contribution in [-0.4, -0.2) is 20.5 Å². The molecule has 0 amide bonds. The van der Waals surface area contributed by atoms with Crippen molar-refractivity contribution < 1.29 is 13.6 Å². The van der Waals surface area contributed by atoms with Crippen LogP contribution in [-0.2, 0) is 4.79 Å². The van der Waals surface area contributed by atoms with Gasteiger partial charge in [-0.1, -0.05) is 6.92 Å². The van der Waals surface area contributed by atoms with E-state index in [1.165, 1.54) is 16.8 Å². The molecule has 0 bridgehead atoms. The second-order valence-electron chi connectivity index (χ2n) is 6.49. The van der Waals surface area contributed by atoms with E-state index in [-0.39, 0.29) is 11.7 Å². The quantitative estimate of drug-likeness (QED) is 0.873. The highest BCUT2D eigenvalue weighted by Crippen LogP contribution is 2.41. The molecular formula is C17H16F2N4O. The van der Waals surface area contributed by atoms with Crippen molar-refractivity contribution in [2.75, 3.05) is 5.32 Å². The zero-order chi connectivity index (χ0) is 17.0. The van der Waals surface area contributed by atoms with E-state index in [1.807, 2.05) is 6.92 Å². The summed E-state index contributed by atoms with van der Waals surface area (Å²) in [5.41, 5.74) is 1.65. The molecule has 2 atom stereocenters. The Hall–Kier alpha value is -2.57. The standard InChI is InChI=1S/C17H16F2N4O/c1-8-3-13-15(14(24)4-8)16(10-5-11(18)7-12(19)6-10)23-17(21-13)20-9(2)22-23/h5-8,16H,3-4H2,1-2H3,(H,20,21,22)/t8-,16-/m1/s1. The summed E-state index contributed by atoms with van der Waals surface area (Å²) in [7, 11) is 0. The van der Waals surface area contributed by atoms with Crippen LogP contribution in [0.5, 0.6) is 0 Å². The van der Waals surface area contributed by atoms with Crippen LogP contribution in [0, 0.1) is 24.5 Å². The highest BCUT2D eigenvalue weighted by atomic mass is 19.1. The third-order valence-electron chi connectivity index (χ3n) is 4.43. The predicted octanol–water partition coefficient (Wildman–Crippen LogP) is 3.13. The van der Waals surface area contributed by atoms with Crippen LogP contribution in [0.4, 0.5) is 14.7 Å². The van der Waals surface area contributed by atoms with Crippen molar-refractivity contribution >= 4 is 11.7 Å². The zero-order valence-corrected chi connectivity index (χ0v) is 13.3. The Kier molecular flexibility index (Phi) is 3.26. The fraction of sp³-hybridized carbons (Fsp3) is 0.353. The Labute approximate surface area is 137 Å². The highest BCUT2D eigenvalue weighted by Gasteiger charge is 2.38. The third-order valence-corrected chi connectivity index (χ3v) is 4.43. The SMILES string of the molecule is Cc1nc2n(n1)[C@H](c1cc(F)cc(F)c1)C1=C(C[C@@H](C)CC1=O)N2. The summed E-state index contributed by atoms with van der Waals surface area (Å²) in [4.78, 5) is 17.0. The topological polar surface area (TPSA) is 59.8 Å². The van der Waals surface area contributed by atoms with Crippen LogP contribution in [0.25, 0.3) is 0 Å². The lowest BCUT2D eigenvalue weighted by Crippen LogP contribution is -2.33. The Bertz CT molecular complexity index is 866. The number of hydrogen-bond donors (Lipinski definition) is 1. The van der Waals surface area contributed by atoms with Gasteiger partial charge in [0.2, 0.25) is 5.95 Å². The lowest BCUT2D eigenvalue weighted by Gasteiger charge is -2.34. The molecule has 4 rings (SSSR count). The first-order chi connectivity index (χ1) is 11.4. The molecule has 1 aliphatic carbocycles. The van der Waals surface area contributed by atoms with Crippen molar-refractivity contribution in [2.45, 2.75) is 32.7 Å². The number of carbonyl (C=O) groups excluding carboxylic acids is 1. The van der Waals surface area contributed by atoms with Gasteiger partial charge in [0.1, 0.15) is 23.5 Å². The number of nitrogens with zero attached hydrogens (tertiary/aromatic N) is 3. The van der Waals surface area contributed by atoms with Gasteiger partial charge in [-0.3, -0.25) is 4.79 Å². The number of halogens is 2. The van der Waals surface area contributed by atoms with Gasteiger partial charge in [0.25, 0.3) is 0 Å². The second-order valence-corrected chi connectivity index (χ2v) is 6.49. The van der Waals surface area contributed by atoms with Crippen LogP contribution in [0.1, 0.15) is 37.2 Å². The van der Waals surface area contributed by atoms with Crippen molar-refractivity contribution in [3.05, 3.63) is 52.5 Å². The molecule has 2 aromatic rings. The van der Waals surface area contributed by atoms with Gasteiger partial charge in [0.15, 0.2) is 5.78 Å². The Morgan fingerprint density at radius 3 is 2.62 bits per heavy atom. The minimum absolute atomic E-state index is 0.0234. The average molecular weight is 330 g/mol. The molecule has 0 saturated heterocycles. The van der Waals surface area contributed by atoms with Crippen molar-refractivity contribution in [2.24, 2.45) is 5.92 Å². The summed E-state index contributed by atoms with van der Waals surface area (Å²) in [6.07, 6.45) is 1.11. The van der Waals surface area contributed by atoms with E-state index in [0.29, 0.717) is 35.8 Å². The maximum Gasteiger partial charge on any atom is 0.226 e. The first kappa shape index (κ1) is 15.0. The van der Waals surface area contributed by atoms with Crippen LogP contribution < -0.4 is 5.32 Å². The largest absolute Gasteiger partial charge is 0.328 e. The van der Waals surface area contributed by atoms with Gasteiger partial charge in [-0.25, -0.2) is 13.5 Å². The number of ketones is 1. The highest BCUT2D eigenvalue weighted by molar-refractivity contribution is 5.99. The third kappa shape index (κ3) is 2.31. The maximum absolute atomic E-state index is 13.7. The zero-order valence-electron chi connectivity index (χ0n) is 13.3. The molecule has 1 N–H and O–H groups in total. The van der Waals surface area contributed by atoms with Crippen LogP contribution >= 0.6 is 0 Å². The first-order valence-electron chi connectivity index (χ1n) is 7.85. The number of aromatic nitrogens is 3. The van der Waals surface area contributed by atoms with Crippen molar-refractivity contribution in [3.8, 4) is 0 Å². The molecule has 0 fully saturated rings. The number of allylic oxidation sites excluding steroid dienone is 2. The monoisotopic (exact) mass is 330 g/mol. The fourth-order valence-corrected chi connectivity index (χ4v) is 3.55. The summed E-state index contributed by atoms with van der Waals surface area (Å²) < 4.78 is 29.0. The van der Waals surface area contributed by atoms with Gasteiger partial charge in [0, 0.05) is 23.8 Å². The number of Topliss-reactive ketones (excluding diaryl/α,β-unsaturated/α-hetero) is 1. The van der Waals surface area contributed by atoms with Gasteiger partial charge in [-0.2, -0.15) is 10.1 Å². The van der Waals surface area contributed by atoms with Crippen molar-refractivity contribution in [1.29, 1.82) is 0 Å². The van der Waals surface area contributed by atoms with Gasteiger partial charge < -0.3 is 5.32 Å². The van der Waals surface area contributed by atoms with E-state index in [4.69, 9.17) is 0 Å². The van der Waals surface area contributed by atoms with Crippen molar-refractivity contribution in [1.82, 2.24) is 14.8 Å². The molecule has 1 aromatic heterocycles. The predicted molar refractivity (Wildman–Crippen MR) is 83.3 cm³/mol. The normalized spacial score (nSPS) is 22.9. The van der Waals surface area contributed by atoms with E-state index in [1.54, 1.807) is 6.92 Å². The summed E-state index contributed by atoms with van der Waals surface area (Å²) in [6.45, 7) is 3.74. The number of rotatable bonds is 1. The molecule has 1 aromatic carbocycles. The van der Waals surface area contributed by atoms with Crippen molar-refractivity contribution in [3.63, 3.8) is 0 Å². The summed E-state index contributed by atoms with van der Waals surface area (Å²) in [6, 6.07) is 2.65. The molecular weight excluding hydrogens is 314 g/mol. The molecule has 0 spiro atoms.